The molecule has 53 heavy (non-hydrogen) atoms. The zero-order valence-electron chi connectivity index (χ0n) is 32.1. The van der Waals surface area contributed by atoms with E-state index in [9.17, 15) is 0 Å². The molecule has 0 spiro atoms. The Labute approximate surface area is 320 Å². The van der Waals surface area contributed by atoms with Crippen LogP contribution in [0.4, 0.5) is 17.1 Å². The first-order valence-corrected chi connectivity index (χ1v) is 24.0. The van der Waals surface area contributed by atoms with Gasteiger partial charge in [0, 0.05) is 0 Å². The van der Waals surface area contributed by atoms with Crippen molar-refractivity contribution in [3.63, 3.8) is 0 Å². The number of nitrogens with zero attached hydrogens (tertiary/aromatic N) is 2. The second-order valence-corrected chi connectivity index (χ2v) is 25.8. The Morgan fingerprint density at radius 1 is 0.472 bits per heavy atom. The summed E-state index contributed by atoms with van der Waals surface area (Å²) in [6.45, 7) is 20.7. The van der Waals surface area contributed by atoms with E-state index in [0.29, 0.717) is 0 Å². The summed E-state index contributed by atoms with van der Waals surface area (Å²) in [5, 5.41) is 2.49. The number of hydrogen-bond donors (Lipinski definition) is 0. The van der Waals surface area contributed by atoms with Crippen molar-refractivity contribution in [3.05, 3.63) is 126 Å². The van der Waals surface area contributed by atoms with Gasteiger partial charge in [-0.3, -0.25) is 0 Å². The van der Waals surface area contributed by atoms with Gasteiger partial charge in [0.15, 0.2) is 0 Å². The zero-order chi connectivity index (χ0) is 36.8. The first-order valence-electron chi connectivity index (χ1n) is 18.8. The molecule has 0 saturated heterocycles. The number of fused-ring (bicyclic) bond motifs is 3. The van der Waals surface area contributed by atoms with E-state index in [1.165, 1.54) is 59.7 Å². The van der Waals surface area contributed by atoms with Crippen LogP contribution in [0.25, 0.3) is 27.5 Å². The Morgan fingerprint density at radius 2 is 0.943 bits per heavy atom. The molecule has 6 aromatic carbocycles. The number of aromatic nitrogens is 1. The van der Waals surface area contributed by atoms with Crippen molar-refractivity contribution in [2.45, 2.75) is 78.6 Å². The van der Waals surface area contributed by atoms with E-state index in [0.717, 1.165) is 34.4 Å². The molecule has 0 amide bonds. The normalized spacial score (nSPS) is 14.7. The fourth-order valence-corrected chi connectivity index (χ4v) is 19.8. The molecule has 3 aliphatic heterocycles. The molecule has 4 nitrogen and oxygen atoms in total. The first kappa shape index (κ1) is 33.0. The predicted octanol–water partition coefficient (Wildman–Crippen LogP) is 11.2. The molecule has 1 aromatic heterocycles. The van der Waals surface area contributed by atoms with Crippen LogP contribution in [0, 0.1) is 0 Å². The van der Waals surface area contributed by atoms with Crippen molar-refractivity contribution in [3.8, 4) is 28.7 Å². The van der Waals surface area contributed by atoms with Gasteiger partial charge in [0.2, 0.25) is 0 Å². The molecule has 5 heteroatoms. The molecule has 0 aliphatic carbocycles. The first-order chi connectivity index (χ1) is 25.2. The number of ether oxygens (including phenoxy) is 2. The number of rotatable bonds is 2. The van der Waals surface area contributed by atoms with Crippen molar-refractivity contribution in [2.75, 3.05) is 4.90 Å². The van der Waals surface area contributed by atoms with Crippen molar-refractivity contribution >= 4 is 70.4 Å². The topological polar surface area (TPSA) is 26.6 Å². The van der Waals surface area contributed by atoms with Crippen molar-refractivity contribution in [1.29, 1.82) is 0 Å². The fourth-order valence-electron chi connectivity index (χ4n) is 8.65. The monoisotopic (exact) mass is 890 g/mol. The molecule has 0 bridgehead atoms. The second kappa shape index (κ2) is 11.0. The molecule has 0 radical (unpaired) electrons. The molecular weight excluding hydrogens is 846 g/mol. The van der Waals surface area contributed by atoms with Gasteiger partial charge in [-0.05, 0) is 0 Å². The summed E-state index contributed by atoms with van der Waals surface area (Å²) in [6, 6.07) is 40.6. The minimum absolute atomic E-state index is 0.0720. The maximum atomic E-state index is 7.35. The molecule has 264 valence electrons. The standard InChI is InChI=1S/C48H45N2O2.Bi/c1-46(2,3)31-18-20-32(21-19-31)49-33-22-24-40(47(4,5)6)44(28-33)51-36-26-35(50-42-16-12-10-14-38(42)39-15-11-13-17-43(39)50)27-37(30-36)52-45-29-34(49)23-25-41(45)48(7,8)9;/h10-27H,1-9H3;. The molecule has 7 aromatic rings. The van der Waals surface area contributed by atoms with Gasteiger partial charge in [0.25, 0.3) is 0 Å². The summed E-state index contributed by atoms with van der Waals surface area (Å²) >= 11 is -3.09. The van der Waals surface area contributed by atoms with Gasteiger partial charge < -0.3 is 0 Å². The van der Waals surface area contributed by atoms with Gasteiger partial charge in [0.05, 0.1) is 0 Å². The van der Waals surface area contributed by atoms with Crippen LogP contribution in [-0.4, -0.2) is 26.3 Å². The molecule has 4 heterocycles. The van der Waals surface area contributed by atoms with Crippen LogP contribution in [0.15, 0.2) is 109 Å². The summed E-state index contributed by atoms with van der Waals surface area (Å²) in [7, 11) is 0. The Hall–Kier alpha value is -4.60. The van der Waals surface area contributed by atoms with Gasteiger partial charge in [-0.25, -0.2) is 0 Å². The van der Waals surface area contributed by atoms with Crippen LogP contribution in [0.2, 0.25) is 0 Å². The van der Waals surface area contributed by atoms with Crippen LogP contribution in [0.1, 0.15) is 79.0 Å². The van der Waals surface area contributed by atoms with Crippen LogP contribution >= 0.6 is 0 Å². The number of anilines is 3. The molecule has 0 fully saturated rings. The predicted molar refractivity (Wildman–Crippen MR) is 223 cm³/mol. The van der Waals surface area contributed by atoms with Crippen molar-refractivity contribution in [1.82, 2.24) is 4.57 Å². The van der Waals surface area contributed by atoms with Crippen LogP contribution < -0.4 is 24.2 Å². The Balaban J connectivity index is 1.29. The third-order valence-electron chi connectivity index (χ3n) is 11.3. The van der Waals surface area contributed by atoms with Crippen molar-refractivity contribution in [2.24, 2.45) is 0 Å². The van der Waals surface area contributed by atoms with E-state index in [2.05, 4.69) is 181 Å². The molecule has 10 rings (SSSR count). The summed E-state index contributed by atoms with van der Waals surface area (Å²) < 4.78 is 21.2. The fraction of sp³-hybridized carbons (Fsp3) is 0.250. The van der Waals surface area contributed by atoms with Gasteiger partial charge in [-0.2, -0.15) is 0 Å². The van der Waals surface area contributed by atoms with Crippen molar-refractivity contribution < 1.29 is 9.47 Å². The van der Waals surface area contributed by atoms with E-state index < -0.39 is 21.8 Å². The van der Waals surface area contributed by atoms with E-state index >= 15 is 0 Å². The van der Waals surface area contributed by atoms with Gasteiger partial charge in [-0.1, -0.05) is 0 Å². The van der Waals surface area contributed by atoms with Crippen LogP contribution in [0.3, 0.4) is 0 Å². The minimum atomic E-state index is -3.09. The summed E-state index contributed by atoms with van der Waals surface area (Å²) in [5.41, 5.74) is 10.8. The number of hydrogen-bond acceptors (Lipinski definition) is 3. The van der Waals surface area contributed by atoms with Gasteiger partial charge in [-0.15, -0.1) is 0 Å². The summed E-state index contributed by atoms with van der Waals surface area (Å²) in [6.07, 6.45) is 0. The van der Waals surface area contributed by atoms with Crippen LogP contribution in [-0.2, 0) is 16.2 Å². The Bertz CT molecular complexity index is 2530. The number of para-hydroxylation sites is 2. The summed E-state index contributed by atoms with van der Waals surface area (Å²) in [4.78, 5) is 2.49. The quantitative estimate of drug-likeness (QED) is 0.162. The average Bonchev–Trinajstić information content (AvgIpc) is 3.44. The molecule has 3 aliphatic rings. The third kappa shape index (κ3) is 4.75. The molecule has 0 unspecified atom stereocenters. The molecule has 0 atom stereocenters. The van der Waals surface area contributed by atoms with E-state index in [1.54, 1.807) is 0 Å². The van der Waals surface area contributed by atoms with E-state index in [1.807, 2.05) is 0 Å². The maximum absolute atomic E-state index is 7.35. The van der Waals surface area contributed by atoms with Gasteiger partial charge in [0.1, 0.15) is 0 Å². The number of benzene rings is 6. The molecule has 0 N–H and O–H groups in total. The average molecular weight is 891 g/mol. The second-order valence-electron chi connectivity index (χ2n) is 18.0. The van der Waals surface area contributed by atoms with E-state index in [4.69, 9.17) is 9.47 Å². The zero-order valence-corrected chi connectivity index (χ0v) is 35.5. The Kier molecular flexibility index (Phi) is 6.84. The van der Waals surface area contributed by atoms with Gasteiger partial charge >= 0.3 is 323 Å². The Morgan fingerprint density at radius 3 is 1.40 bits per heavy atom. The molecular formula is C48H45BiN2O2. The SMILES string of the molecule is CC(C)(C)c1ccc(N2c3ccc(C(C)(C)C)c4[c]3[Bi]3[c]5c(cc(-n6c7ccccc7c7ccccc76)cc5Oc5c(C(C)(C)C)ccc2[c]53)O4)cc1. The molecule has 0 saturated carbocycles. The summed E-state index contributed by atoms with van der Waals surface area (Å²) in [5.74, 6) is 4.02. The van der Waals surface area contributed by atoms with E-state index in [-0.39, 0.29) is 16.2 Å². The van der Waals surface area contributed by atoms with Crippen LogP contribution in [0.5, 0.6) is 23.0 Å². The third-order valence-corrected chi connectivity index (χ3v) is 21.6.